The van der Waals surface area contributed by atoms with Gasteiger partial charge in [-0.2, -0.15) is 0 Å². The molecular formula is C17H32. The van der Waals surface area contributed by atoms with Gasteiger partial charge in [-0.3, -0.25) is 0 Å². The van der Waals surface area contributed by atoms with Crippen LogP contribution in [-0.4, -0.2) is 0 Å². The van der Waals surface area contributed by atoms with Gasteiger partial charge in [-0.25, -0.2) is 0 Å². The molecule has 2 unspecified atom stereocenters. The van der Waals surface area contributed by atoms with E-state index in [1.165, 1.54) is 24.0 Å². The van der Waals surface area contributed by atoms with E-state index in [4.69, 9.17) is 0 Å². The molecule has 0 nitrogen and oxygen atoms in total. The van der Waals surface area contributed by atoms with Crippen molar-refractivity contribution in [2.45, 2.75) is 73.6 Å². The first-order chi connectivity index (χ1) is 7.69. The SMILES string of the molecule is C.CC.CCC(C)c1ccc(C(C)CC)cc1. The van der Waals surface area contributed by atoms with E-state index >= 15 is 0 Å². The van der Waals surface area contributed by atoms with E-state index in [2.05, 4.69) is 52.0 Å². The Labute approximate surface area is 109 Å². The van der Waals surface area contributed by atoms with Gasteiger partial charge in [-0.15, -0.1) is 0 Å². The highest BCUT2D eigenvalue weighted by atomic mass is 14.1. The minimum atomic E-state index is 0. The van der Waals surface area contributed by atoms with Gasteiger partial charge in [0.25, 0.3) is 0 Å². The highest BCUT2D eigenvalue weighted by Crippen LogP contribution is 2.23. The van der Waals surface area contributed by atoms with Crippen LogP contribution < -0.4 is 0 Å². The third-order valence-corrected chi connectivity index (χ3v) is 3.30. The fraction of sp³-hybridized carbons (Fsp3) is 0.647. The minimum Gasteiger partial charge on any atom is -0.0776 e. The first kappa shape index (κ1) is 18.6. The van der Waals surface area contributed by atoms with E-state index in [-0.39, 0.29) is 7.43 Å². The van der Waals surface area contributed by atoms with Crippen molar-refractivity contribution >= 4 is 0 Å². The fourth-order valence-corrected chi connectivity index (χ4v) is 1.62. The summed E-state index contributed by atoms with van der Waals surface area (Å²) in [6.07, 6.45) is 2.45. The third kappa shape index (κ3) is 5.91. The summed E-state index contributed by atoms with van der Waals surface area (Å²) in [5.74, 6) is 1.39. The molecular weight excluding hydrogens is 204 g/mol. The fourth-order valence-electron chi connectivity index (χ4n) is 1.62. The van der Waals surface area contributed by atoms with Gasteiger partial charge < -0.3 is 0 Å². The zero-order chi connectivity index (χ0) is 12.6. The summed E-state index contributed by atoms with van der Waals surface area (Å²) in [6, 6.07) is 9.15. The van der Waals surface area contributed by atoms with E-state index in [0.717, 1.165) is 0 Å². The monoisotopic (exact) mass is 236 g/mol. The quantitative estimate of drug-likeness (QED) is 0.569. The molecule has 0 spiro atoms. The Kier molecular flexibility index (Phi) is 11.3. The smallest absolute Gasteiger partial charge is 0.0193 e. The van der Waals surface area contributed by atoms with Crippen LogP contribution in [0, 0.1) is 0 Å². The zero-order valence-corrected chi connectivity index (χ0v) is 11.9. The van der Waals surface area contributed by atoms with Gasteiger partial charge in [-0.05, 0) is 35.8 Å². The molecule has 1 aromatic carbocycles. The highest BCUT2D eigenvalue weighted by molar-refractivity contribution is 5.26. The number of rotatable bonds is 4. The number of hydrogen-bond donors (Lipinski definition) is 0. The lowest BCUT2D eigenvalue weighted by Gasteiger charge is -2.12. The molecule has 0 aliphatic rings. The predicted octanol–water partition coefficient (Wildman–Crippen LogP) is 6.38. The Balaban J connectivity index is 0. The van der Waals surface area contributed by atoms with Crippen LogP contribution in [0.5, 0.6) is 0 Å². The summed E-state index contributed by atoms with van der Waals surface area (Å²) < 4.78 is 0. The van der Waals surface area contributed by atoms with Crippen LogP contribution in [0.4, 0.5) is 0 Å². The van der Waals surface area contributed by atoms with E-state index in [1.54, 1.807) is 0 Å². The Bertz CT molecular complexity index is 229. The largest absolute Gasteiger partial charge is 0.0776 e. The molecule has 0 aromatic heterocycles. The van der Waals surface area contributed by atoms with Crippen LogP contribution in [0.3, 0.4) is 0 Å². The second-order valence-electron chi connectivity index (χ2n) is 4.29. The van der Waals surface area contributed by atoms with Crippen LogP contribution in [0.25, 0.3) is 0 Å². The van der Waals surface area contributed by atoms with Gasteiger partial charge >= 0.3 is 0 Å². The van der Waals surface area contributed by atoms with Crippen molar-refractivity contribution in [3.05, 3.63) is 35.4 Å². The van der Waals surface area contributed by atoms with Crippen LogP contribution >= 0.6 is 0 Å². The van der Waals surface area contributed by atoms with Crippen molar-refractivity contribution in [3.63, 3.8) is 0 Å². The molecule has 0 aliphatic heterocycles. The van der Waals surface area contributed by atoms with Crippen molar-refractivity contribution in [3.8, 4) is 0 Å². The lowest BCUT2D eigenvalue weighted by molar-refractivity contribution is 0.719. The van der Waals surface area contributed by atoms with Gasteiger partial charge in [0.15, 0.2) is 0 Å². The van der Waals surface area contributed by atoms with E-state index in [9.17, 15) is 0 Å². The molecule has 0 heterocycles. The molecule has 1 aromatic rings. The average Bonchev–Trinajstić information content (AvgIpc) is 2.39. The molecule has 0 aliphatic carbocycles. The first-order valence-corrected chi connectivity index (χ1v) is 6.78. The van der Waals surface area contributed by atoms with Crippen LogP contribution in [0.15, 0.2) is 24.3 Å². The van der Waals surface area contributed by atoms with Crippen molar-refractivity contribution in [1.29, 1.82) is 0 Å². The predicted molar refractivity (Wildman–Crippen MR) is 81.9 cm³/mol. The van der Waals surface area contributed by atoms with Crippen molar-refractivity contribution in [2.24, 2.45) is 0 Å². The van der Waals surface area contributed by atoms with Crippen LogP contribution in [-0.2, 0) is 0 Å². The Morgan fingerprint density at radius 3 is 1.18 bits per heavy atom. The second kappa shape index (κ2) is 10.4. The molecule has 0 radical (unpaired) electrons. The minimum absolute atomic E-state index is 0. The Morgan fingerprint density at radius 1 is 0.765 bits per heavy atom. The summed E-state index contributed by atoms with van der Waals surface area (Å²) in [6.45, 7) is 13.1. The molecule has 2 atom stereocenters. The molecule has 1 rings (SSSR count). The lowest BCUT2D eigenvalue weighted by Crippen LogP contribution is -1.94. The summed E-state index contributed by atoms with van der Waals surface area (Å²) in [5.41, 5.74) is 2.94. The first-order valence-electron chi connectivity index (χ1n) is 6.78. The molecule has 100 valence electrons. The summed E-state index contributed by atoms with van der Waals surface area (Å²) in [5, 5.41) is 0. The summed E-state index contributed by atoms with van der Waals surface area (Å²) >= 11 is 0. The maximum atomic E-state index is 2.29. The van der Waals surface area contributed by atoms with E-state index in [0.29, 0.717) is 11.8 Å². The third-order valence-electron chi connectivity index (χ3n) is 3.30. The summed E-state index contributed by atoms with van der Waals surface area (Å²) in [7, 11) is 0. The van der Waals surface area contributed by atoms with Gasteiger partial charge in [-0.1, -0.05) is 73.2 Å². The molecule has 0 saturated carbocycles. The second-order valence-corrected chi connectivity index (χ2v) is 4.29. The average molecular weight is 236 g/mol. The molecule has 0 heteroatoms. The maximum absolute atomic E-state index is 2.29. The lowest BCUT2D eigenvalue weighted by atomic mass is 9.93. The van der Waals surface area contributed by atoms with Crippen LogP contribution in [0.2, 0.25) is 0 Å². The molecule has 0 bridgehead atoms. The Hall–Kier alpha value is -0.780. The van der Waals surface area contributed by atoms with Crippen molar-refractivity contribution in [1.82, 2.24) is 0 Å². The van der Waals surface area contributed by atoms with Gasteiger partial charge in [0.2, 0.25) is 0 Å². The van der Waals surface area contributed by atoms with E-state index < -0.39 is 0 Å². The highest BCUT2D eigenvalue weighted by Gasteiger charge is 2.05. The number of benzene rings is 1. The van der Waals surface area contributed by atoms with Gasteiger partial charge in [0.05, 0.1) is 0 Å². The normalized spacial score (nSPS) is 12.8. The number of hydrogen-bond acceptors (Lipinski definition) is 0. The molecule has 17 heavy (non-hydrogen) atoms. The zero-order valence-electron chi connectivity index (χ0n) is 11.9. The standard InChI is InChI=1S/C14H22.C2H6.CH4/c1-5-11(3)13-7-9-14(10-8-13)12(4)6-2;1-2;/h7-12H,5-6H2,1-4H3;1-2H3;1H4. The molecule has 0 saturated heterocycles. The topological polar surface area (TPSA) is 0 Å². The van der Waals surface area contributed by atoms with Crippen molar-refractivity contribution in [2.75, 3.05) is 0 Å². The Morgan fingerprint density at radius 2 is 1.00 bits per heavy atom. The molecule has 0 fully saturated rings. The molecule has 0 amide bonds. The van der Waals surface area contributed by atoms with Crippen LogP contribution in [0.1, 0.15) is 84.8 Å². The summed E-state index contributed by atoms with van der Waals surface area (Å²) in [4.78, 5) is 0. The van der Waals surface area contributed by atoms with Gasteiger partial charge in [0.1, 0.15) is 0 Å². The van der Waals surface area contributed by atoms with E-state index in [1.807, 2.05) is 13.8 Å². The maximum Gasteiger partial charge on any atom is -0.0193 e. The van der Waals surface area contributed by atoms with Gasteiger partial charge in [0, 0.05) is 0 Å². The van der Waals surface area contributed by atoms with Crippen molar-refractivity contribution < 1.29 is 0 Å². The molecule has 0 N–H and O–H groups in total.